The van der Waals surface area contributed by atoms with Gasteiger partial charge in [0.1, 0.15) is 5.60 Å². The van der Waals surface area contributed by atoms with Crippen LogP contribution in [0.15, 0.2) is 30.9 Å². The van der Waals surface area contributed by atoms with Crippen molar-refractivity contribution in [1.82, 2.24) is 19.9 Å². The molecule has 2 aliphatic rings. The van der Waals surface area contributed by atoms with E-state index >= 15 is 0 Å². The number of nitrogens with zero attached hydrogens (tertiary/aromatic N) is 4. The molecule has 2 fully saturated rings. The lowest BCUT2D eigenvalue weighted by Crippen LogP contribution is -2.66. The predicted molar refractivity (Wildman–Crippen MR) is 103 cm³/mol. The minimum atomic E-state index is -0.195. The summed E-state index contributed by atoms with van der Waals surface area (Å²) >= 11 is 0. The minimum Gasteiger partial charge on any atom is -0.477 e. The zero-order chi connectivity index (χ0) is 19.6. The number of carbonyl (C=O) groups excluding carboxylic acids is 1. The van der Waals surface area contributed by atoms with Gasteiger partial charge in [-0.05, 0) is 50.7 Å². The normalized spacial score (nSPS) is 20.6. The molecule has 2 saturated heterocycles. The van der Waals surface area contributed by atoms with Gasteiger partial charge in [-0.25, -0.2) is 4.98 Å². The first kappa shape index (κ1) is 18.8. The van der Waals surface area contributed by atoms with Gasteiger partial charge in [-0.15, -0.1) is 0 Å². The summed E-state index contributed by atoms with van der Waals surface area (Å²) in [4.78, 5) is 27.0. The molecule has 0 aliphatic carbocycles. The molecule has 7 heteroatoms. The van der Waals surface area contributed by atoms with Crippen molar-refractivity contribution >= 4 is 5.91 Å². The van der Waals surface area contributed by atoms with Gasteiger partial charge in [0.2, 0.25) is 5.88 Å². The van der Waals surface area contributed by atoms with Gasteiger partial charge in [0.25, 0.3) is 5.91 Å². The molecule has 0 radical (unpaired) electrons. The van der Waals surface area contributed by atoms with E-state index < -0.39 is 0 Å². The largest absolute Gasteiger partial charge is 0.477 e. The quantitative estimate of drug-likeness (QED) is 0.791. The Bertz CT molecular complexity index is 851. The first-order valence-corrected chi connectivity index (χ1v) is 9.79. The molecule has 2 aromatic heterocycles. The summed E-state index contributed by atoms with van der Waals surface area (Å²) in [7, 11) is 0. The number of ether oxygens (including phenoxy) is 2. The average molecular weight is 382 g/mol. The van der Waals surface area contributed by atoms with Gasteiger partial charge < -0.3 is 14.4 Å². The third kappa shape index (κ3) is 4.14. The lowest BCUT2D eigenvalue weighted by molar-refractivity contribution is -0.166. The smallest absolute Gasteiger partial charge is 0.255 e. The maximum Gasteiger partial charge on any atom is 0.255 e. The third-order valence-electron chi connectivity index (χ3n) is 5.47. The Hall–Kier alpha value is -2.54. The van der Waals surface area contributed by atoms with Gasteiger partial charge in [0, 0.05) is 25.2 Å². The van der Waals surface area contributed by atoms with Crippen LogP contribution in [0.2, 0.25) is 0 Å². The zero-order valence-electron chi connectivity index (χ0n) is 16.4. The number of hydrogen-bond donors (Lipinski definition) is 0. The SMILES string of the molecule is Cc1cncc(C(=O)N2CC3(C[C@@H](CCOc4cncc(C)n4)CCO3)C2)c1. The molecule has 2 aliphatic heterocycles. The molecular weight excluding hydrogens is 356 g/mol. The number of likely N-dealkylation sites (tertiary alicyclic amines) is 1. The summed E-state index contributed by atoms with van der Waals surface area (Å²) in [5.74, 6) is 1.15. The summed E-state index contributed by atoms with van der Waals surface area (Å²) in [6, 6.07) is 1.89. The highest BCUT2D eigenvalue weighted by Crippen LogP contribution is 2.38. The summed E-state index contributed by atoms with van der Waals surface area (Å²) in [5.41, 5.74) is 2.30. The van der Waals surface area contributed by atoms with Gasteiger partial charge in [0.05, 0.1) is 37.2 Å². The van der Waals surface area contributed by atoms with Crippen LogP contribution >= 0.6 is 0 Å². The number of hydrogen-bond acceptors (Lipinski definition) is 6. The summed E-state index contributed by atoms with van der Waals surface area (Å²) in [6.07, 6.45) is 9.70. The second-order valence-electron chi connectivity index (χ2n) is 7.94. The molecule has 1 amide bonds. The van der Waals surface area contributed by atoms with Crippen molar-refractivity contribution in [2.75, 3.05) is 26.3 Å². The third-order valence-corrected chi connectivity index (χ3v) is 5.47. The monoisotopic (exact) mass is 382 g/mol. The molecule has 148 valence electrons. The molecular formula is C21H26N4O3. The van der Waals surface area contributed by atoms with E-state index in [0.717, 1.165) is 37.1 Å². The number of amides is 1. The van der Waals surface area contributed by atoms with E-state index in [1.807, 2.05) is 24.8 Å². The lowest BCUT2D eigenvalue weighted by atomic mass is 9.79. The maximum absolute atomic E-state index is 12.6. The Morgan fingerprint density at radius 3 is 2.86 bits per heavy atom. The molecule has 0 aromatic carbocycles. The average Bonchev–Trinajstić information content (AvgIpc) is 2.66. The maximum atomic E-state index is 12.6. The van der Waals surface area contributed by atoms with Crippen molar-refractivity contribution in [3.63, 3.8) is 0 Å². The Labute approximate surface area is 165 Å². The van der Waals surface area contributed by atoms with Crippen LogP contribution in [-0.2, 0) is 4.74 Å². The molecule has 0 saturated carbocycles. The van der Waals surface area contributed by atoms with E-state index in [1.165, 1.54) is 0 Å². The number of rotatable bonds is 5. The summed E-state index contributed by atoms with van der Waals surface area (Å²) in [5, 5.41) is 0. The Kier molecular flexibility index (Phi) is 5.26. The van der Waals surface area contributed by atoms with E-state index in [0.29, 0.717) is 37.1 Å². The van der Waals surface area contributed by atoms with Gasteiger partial charge in [-0.1, -0.05) is 0 Å². The number of carbonyl (C=O) groups is 1. The first-order valence-electron chi connectivity index (χ1n) is 9.79. The molecule has 4 rings (SSSR count). The lowest BCUT2D eigenvalue weighted by Gasteiger charge is -2.53. The van der Waals surface area contributed by atoms with E-state index in [9.17, 15) is 4.79 Å². The second kappa shape index (κ2) is 7.83. The van der Waals surface area contributed by atoms with Crippen LogP contribution in [0.1, 0.15) is 40.9 Å². The van der Waals surface area contributed by atoms with E-state index in [-0.39, 0.29) is 11.5 Å². The fourth-order valence-corrected chi connectivity index (χ4v) is 4.08. The van der Waals surface area contributed by atoms with Crippen LogP contribution < -0.4 is 4.74 Å². The fraction of sp³-hybridized carbons (Fsp3) is 0.524. The molecule has 28 heavy (non-hydrogen) atoms. The molecule has 1 spiro atoms. The van der Waals surface area contributed by atoms with Crippen molar-refractivity contribution in [1.29, 1.82) is 0 Å². The van der Waals surface area contributed by atoms with Crippen LogP contribution in [0, 0.1) is 19.8 Å². The van der Waals surface area contributed by atoms with Crippen molar-refractivity contribution in [3.8, 4) is 5.88 Å². The predicted octanol–water partition coefficient (Wildman–Crippen LogP) is 2.58. The number of pyridine rings is 1. The Balaban J connectivity index is 1.27. The van der Waals surface area contributed by atoms with Crippen LogP contribution in [-0.4, -0.2) is 57.7 Å². The van der Waals surface area contributed by atoms with Crippen LogP contribution in [0.4, 0.5) is 0 Å². The summed E-state index contributed by atoms with van der Waals surface area (Å²) in [6.45, 7) is 6.51. The minimum absolute atomic E-state index is 0.0360. The zero-order valence-corrected chi connectivity index (χ0v) is 16.4. The Morgan fingerprint density at radius 1 is 1.25 bits per heavy atom. The number of aryl methyl sites for hydroxylation is 2. The highest BCUT2D eigenvalue weighted by Gasteiger charge is 2.49. The highest BCUT2D eigenvalue weighted by molar-refractivity contribution is 5.94. The van der Waals surface area contributed by atoms with Crippen molar-refractivity contribution < 1.29 is 14.3 Å². The molecule has 7 nitrogen and oxygen atoms in total. The Morgan fingerprint density at radius 2 is 2.07 bits per heavy atom. The summed E-state index contributed by atoms with van der Waals surface area (Å²) < 4.78 is 11.8. The van der Waals surface area contributed by atoms with Crippen LogP contribution in [0.3, 0.4) is 0 Å². The van der Waals surface area contributed by atoms with Crippen LogP contribution in [0.25, 0.3) is 0 Å². The topological polar surface area (TPSA) is 77.4 Å². The molecule has 1 atom stereocenters. The van der Waals surface area contributed by atoms with Crippen molar-refractivity contribution in [3.05, 3.63) is 47.7 Å². The van der Waals surface area contributed by atoms with Gasteiger partial charge in [-0.3, -0.25) is 14.8 Å². The van der Waals surface area contributed by atoms with Gasteiger partial charge in [-0.2, -0.15) is 0 Å². The van der Waals surface area contributed by atoms with E-state index in [2.05, 4.69) is 15.0 Å². The van der Waals surface area contributed by atoms with Crippen LogP contribution in [0.5, 0.6) is 5.88 Å². The van der Waals surface area contributed by atoms with Crippen molar-refractivity contribution in [2.45, 2.75) is 38.7 Å². The molecule has 0 unspecified atom stereocenters. The highest BCUT2D eigenvalue weighted by atomic mass is 16.5. The van der Waals surface area contributed by atoms with Gasteiger partial charge in [0.15, 0.2) is 0 Å². The second-order valence-corrected chi connectivity index (χ2v) is 7.94. The first-order chi connectivity index (χ1) is 13.5. The van der Waals surface area contributed by atoms with Gasteiger partial charge >= 0.3 is 0 Å². The molecule has 2 aromatic rings. The van der Waals surface area contributed by atoms with E-state index in [4.69, 9.17) is 9.47 Å². The number of aromatic nitrogens is 3. The fourth-order valence-electron chi connectivity index (χ4n) is 4.08. The van der Waals surface area contributed by atoms with Crippen molar-refractivity contribution in [2.24, 2.45) is 5.92 Å². The molecule has 0 N–H and O–H groups in total. The molecule has 4 heterocycles. The molecule has 0 bridgehead atoms. The standard InChI is InChI=1S/C21H26N4O3/c1-15-7-18(11-22-9-15)20(26)25-13-21(14-25)8-17(4-6-28-21)3-5-27-19-12-23-10-16(2)24-19/h7,9-12,17H,3-6,8,13-14H2,1-2H3/t17-/m0/s1. The van der Waals surface area contributed by atoms with E-state index in [1.54, 1.807) is 24.8 Å².